The highest BCUT2D eigenvalue weighted by Crippen LogP contribution is 2.36. The molecule has 1 fully saturated rings. The largest absolute Gasteiger partial charge is 0.383 e. The Kier molecular flexibility index (Phi) is 8.82. The Morgan fingerprint density at radius 3 is 2.53 bits per heavy atom. The summed E-state index contributed by atoms with van der Waals surface area (Å²) in [4.78, 5) is 15.7. The molecule has 8 heteroatoms. The van der Waals surface area contributed by atoms with Crippen molar-refractivity contribution in [3.63, 3.8) is 0 Å². The van der Waals surface area contributed by atoms with Gasteiger partial charge in [0, 0.05) is 50.4 Å². The second-order valence-corrected chi connectivity index (χ2v) is 9.57. The van der Waals surface area contributed by atoms with E-state index in [1.165, 1.54) is 18.2 Å². The Bertz CT molecular complexity index is 1430. The molecule has 2 heterocycles. The van der Waals surface area contributed by atoms with Gasteiger partial charge in [-0.05, 0) is 65.3 Å². The van der Waals surface area contributed by atoms with E-state index in [0.29, 0.717) is 56.8 Å². The number of amides is 1. The van der Waals surface area contributed by atoms with Gasteiger partial charge in [0.2, 0.25) is 0 Å². The third-order valence-electron chi connectivity index (χ3n) is 7.33. The van der Waals surface area contributed by atoms with E-state index in [1.54, 1.807) is 19.2 Å². The number of halogens is 3. The first-order valence-corrected chi connectivity index (χ1v) is 12.6. The number of carbonyl (C=O) groups is 1. The summed E-state index contributed by atoms with van der Waals surface area (Å²) >= 11 is 0. The maximum absolute atomic E-state index is 14.6. The van der Waals surface area contributed by atoms with Gasteiger partial charge >= 0.3 is 0 Å². The second kappa shape index (κ2) is 12.1. The van der Waals surface area contributed by atoms with Crippen LogP contribution in [0.4, 0.5) is 8.78 Å². The van der Waals surface area contributed by atoms with E-state index in [0.717, 1.165) is 27.6 Å². The minimum absolute atomic E-state index is 0. The first kappa shape index (κ1) is 27.8. The van der Waals surface area contributed by atoms with Crippen molar-refractivity contribution < 1.29 is 18.3 Å². The van der Waals surface area contributed by atoms with Crippen molar-refractivity contribution in [2.24, 2.45) is 5.73 Å². The number of piperidine rings is 1. The fourth-order valence-electron chi connectivity index (χ4n) is 5.38. The lowest BCUT2D eigenvalue weighted by atomic mass is 9.88. The van der Waals surface area contributed by atoms with Gasteiger partial charge in [-0.25, -0.2) is 8.78 Å². The molecule has 1 aliphatic rings. The van der Waals surface area contributed by atoms with Gasteiger partial charge in [0.1, 0.15) is 11.6 Å². The van der Waals surface area contributed by atoms with Crippen LogP contribution in [0.2, 0.25) is 0 Å². The molecule has 1 amide bonds. The van der Waals surface area contributed by atoms with Crippen molar-refractivity contribution in [2.75, 3.05) is 26.8 Å². The Labute approximate surface area is 227 Å². The molecule has 2 N–H and O–H groups in total. The minimum Gasteiger partial charge on any atom is -0.383 e. The van der Waals surface area contributed by atoms with Gasteiger partial charge in [-0.1, -0.05) is 36.4 Å². The highest BCUT2D eigenvalue weighted by atomic mass is 35.5. The highest BCUT2D eigenvalue weighted by molar-refractivity contribution is 6.12. The van der Waals surface area contributed by atoms with Crippen molar-refractivity contribution in [1.82, 2.24) is 9.47 Å². The Morgan fingerprint density at radius 1 is 1.05 bits per heavy atom. The standard InChI is InChI=1S/C30H31F2N3O2.ClH/c1-37-15-14-35-19-26(29-24(6-3-7-28(29)35)22-4-2-5-23(31)17-22)30(36)34-12-10-21(11-13-34)25-16-20(18-33)8-9-27(25)32;/h2-9,16-17,19,21H,10-15,18,33H2,1H3;1H. The van der Waals surface area contributed by atoms with Crippen LogP contribution in [0.3, 0.4) is 0 Å². The molecular weight excluding hydrogens is 508 g/mol. The van der Waals surface area contributed by atoms with Crippen LogP contribution in [0.1, 0.15) is 40.2 Å². The molecule has 0 radical (unpaired) electrons. The van der Waals surface area contributed by atoms with Crippen LogP contribution in [0, 0.1) is 11.6 Å². The van der Waals surface area contributed by atoms with Crippen molar-refractivity contribution >= 4 is 29.2 Å². The molecule has 38 heavy (non-hydrogen) atoms. The topological polar surface area (TPSA) is 60.5 Å². The van der Waals surface area contributed by atoms with Crippen molar-refractivity contribution in [1.29, 1.82) is 0 Å². The van der Waals surface area contributed by atoms with E-state index in [9.17, 15) is 13.6 Å². The molecule has 1 saturated heterocycles. The molecule has 1 aliphatic heterocycles. The van der Waals surface area contributed by atoms with Gasteiger partial charge in [0.25, 0.3) is 5.91 Å². The van der Waals surface area contributed by atoms with Gasteiger partial charge in [0.05, 0.1) is 12.2 Å². The van der Waals surface area contributed by atoms with Crippen LogP contribution in [0.15, 0.2) is 66.9 Å². The predicted octanol–water partition coefficient (Wildman–Crippen LogP) is 6.13. The molecule has 0 saturated carbocycles. The maximum Gasteiger partial charge on any atom is 0.256 e. The Hall–Kier alpha value is -3.26. The molecular formula is C30H32ClF2N3O2. The number of ether oxygens (including phenoxy) is 1. The molecule has 200 valence electrons. The number of aromatic nitrogens is 1. The molecule has 0 aliphatic carbocycles. The number of carbonyl (C=O) groups excluding carboxylic acids is 1. The fourth-order valence-corrected chi connectivity index (χ4v) is 5.38. The summed E-state index contributed by atoms with van der Waals surface area (Å²) in [7, 11) is 1.64. The fraction of sp³-hybridized carbons (Fsp3) is 0.300. The first-order valence-electron chi connectivity index (χ1n) is 12.6. The lowest BCUT2D eigenvalue weighted by Gasteiger charge is -2.32. The summed E-state index contributed by atoms with van der Waals surface area (Å²) in [5.41, 5.74) is 10.4. The summed E-state index contributed by atoms with van der Waals surface area (Å²) in [5, 5.41) is 0.804. The van der Waals surface area contributed by atoms with Crippen molar-refractivity contribution in [3.8, 4) is 11.1 Å². The highest BCUT2D eigenvalue weighted by Gasteiger charge is 2.29. The summed E-state index contributed by atoms with van der Waals surface area (Å²) in [5.74, 6) is -0.571. The zero-order chi connectivity index (χ0) is 25.9. The number of hydrogen-bond donors (Lipinski definition) is 1. The zero-order valence-electron chi connectivity index (χ0n) is 21.3. The average Bonchev–Trinajstić information content (AvgIpc) is 3.30. The van der Waals surface area contributed by atoms with Crippen LogP contribution in [0.25, 0.3) is 22.0 Å². The number of rotatable bonds is 7. The minimum atomic E-state index is -0.325. The number of fused-ring (bicyclic) bond motifs is 1. The quantitative estimate of drug-likeness (QED) is 0.307. The molecule has 3 aromatic carbocycles. The maximum atomic E-state index is 14.6. The molecule has 4 aromatic rings. The SMILES string of the molecule is COCCn1cc(C(=O)N2CCC(c3cc(CN)ccc3F)CC2)c2c(-c3cccc(F)c3)cccc21.Cl. The number of nitrogens with zero attached hydrogens (tertiary/aromatic N) is 2. The van der Waals surface area contributed by atoms with Crippen molar-refractivity contribution in [3.05, 3.63) is 95.2 Å². The van der Waals surface area contributed by atoms with E-state index < -0.39 is 0 Å². The van der Waals surface area contributed by atoms with E-state index in [4.69, 9.17) is 10.5 Å². The van der Waals surface area contributed by atoms with Gasteiger partial charge in [-0.15, -0.1) is 12.4 Å². The summed E-state index contributed by atoms with van der Waals surface area (Å²) in [6.07, 6.45) is 3.23. The van der Waals surface area contributed by atoms with Gasteiger partial charge in [-0.3, -0.25) is 4.79 Å². The Balaban J connectivity index is 0.00000336. The number of benzene rings is 3. The number of likely N-dealkylation sites (tertiary alicyclic amines) is 1. The van der Waals surface area contributed by atoms with E-state index >= 15 is 0 Å². The number of methoxy groups -OCH3 is 1. The lowest BCUT2D eigenvalue weighted by molar-refractivity contribution is 0.0714. The van der Waals surface area contributed by atoms with Crippen LogP contribution in [-0.4, -0.2) is 42.2 Å². The monoisotopic (exact) mass is 539 g/mol. The molecule has 5 nitrogen and oxygen atoms in total. The molecule has 0 bridgehead atoms. The smallest absolute Gasteiger partial charge is 0.256 e. The molecule has 1 aromatic heterocycles. The first-order chi connectivity index (χ1) is 18.0. The molecule has 5 rings (SSSR count). The van der Waals surface area contributed by atoms with Crippen LogP contribution in [-0.2, 0) is 17.8 Å². The van der Waals surface area contributed by atoms with E-state index in [1.807, 2.05) is 46.0 Å². The third-order valence-corrected chi connectivity index (χ3v) is 7.33. The number of hydrogen-bond acceptors (Lipinski definition) is 3. The van der Waals surface area contributed by atoms with Gasteiger partial charge < -0.3 is 19.9 Å². The van der Waals surface area contributed by atoms with Gasteiger partial charge in [-0.2, -0.15) is 0 Å². The number of nitrogens with two attached hydrogens (primary N) is 1. The van der Waals surface area contributed by atoms with E-state index in [-0.39, 0.29) is 35.9 Å². The summed E-state index contributed by atoms with van der Waals surface area (Å²) in [6.45, 7) is 2.52. The lowest BCUT2D eigenvalue weighted by Crippen LogP contribution is -2.38. The molecule has 0 atom stereocenters. The second-order valence-electron chi connectivity index (χ2n) is 9.57. The predicted molar refractivity (Wildman–Crippen MR) is 149 cm³/mol. The normalized spacial score (nSPS) is 14.1. The van der Waals surface area contributed by atoms with Crippen LogP contribution in [0.5, 0.6) is 0 Å². The Morgan fingerprint density at radius 2 is 1.82 bits per heavy atom. The summed E-state index contributed by atoms with van der Waals surface area (Å²) in [6, 6.07) is 17.3. The van der Waals surface area contributed by atoms with Crippen molar-refractivity contribution in [2.45, 2.75) is 31.8 Å². The third kappa shape index (κ3) is 5.46. The van der Waals surface area contributed by atoms with Crippen LogP contribution >= 0.6 is 12.4 Å². The molecule has 0 spiro atoms. The molecule has 0 unspecified atom stereocenters. The average molecular weight is 540 g/mol. The summed E-state index contributed by atoms with van der Waals surface area (Å²) < 4.78 is 36.0. The van der Waals surface area contributed by atoms with E-state index in [2.05, 4.69) is 0 Å². The van der Waals surface area contributed by atoms with Gasteiger partial charge in [0.15, 0.2) is 0 Å². The zero-order valence-corrected chi connectivity index (χ0v) is 22.1. The van der Waals surface area contributed by atoms with Crippen LogP contribution < -0.4 is 5.73 Å².